The van der Waals surface area contributed by atoms with Crippen LogP contribution in [0.4, 0.5) is 0 Å². The van der Waals surface area contributed by atoms with Gasteiger partial charge in [-0.15, -0.1) is 4.72 Å². The maximum Gasteiger partial charge on any atom is 0.254 e. The lowest BCUT2D eigenvalue weighted by atomic mass is 9.84. The van der Waals surface area contributed by atoms with Crippen molar-refractivity contribution in [3.05, 3.63) is 41.5 Å². The number of hydrogen-bond donors (Lipinski definition) is 1. The molecule has 0 saturated carbocycles. The Hall–Kier alpha value is -1.58. The summed E-state index contributed by atoms with van der Waals surface area (Å²) in [6.07, 6.45) is 2.75. The summed E-state index contributed by atoms with van der Waals surface area (Å²) in [5.74, 6) is 0.234. The lowest BCUT2D eigenvalue weighted by Gasteiger charge is -2.38. The highest BCUT2D eigenvalue weighted by Crippen LogP contribution is 2.39. The second kappa shape index (κ2) is 11.2. The van der Waals surface area contributed by atoms with Crippen LogP contribution in [0.15, 0.2) is 24.8 Å². The second-order valence-electron chi connectivity index (χ2n) is 11.0. The minimum absolute atomic E-state index is 0.0158. The first kappa shape index (κ1) is 28.0. The third kappa shape index (κ3) is 7.01. The van der Waals surface area contributed by atoms with Gasteiger partial charge in [-0.3, -0.25) is 4.79 Å². The smallest absolute Gasteiger partial charge is 0.254 e. The van der Waals surface area contributed by atoms with E-state index in [1.165, 1.54) is 0 Å². The van der Waals surface area contributed by atoms with Crippen molar-refractivity contribution in [1.29, 1.82) is 0 Å². The molecule has 2 heterocycles. The Labute approximate surface area is 213 Å². The third-order valence-corrected chi connectivity index (χ3v) is 8.29. The maximum atomic E-state index is 13.2. The Morgan fingerprint density at radius 2 is 1.94 bits per heavy atom. The van der Waals surface area contributed by atoms with E-state index in [4.69, 9.17) is 14.2 Å². The van der Waals surface area contributed by atoms with E-state index in [1.807, 2.05) is 39.5 Å². The second-order valence-corrected chi connectivity index (χ2v) is 13.0. The zero-order valence-electron chi connectivity index (χ0n) is 22.3. The van der Waals surface area contributed by atoms with Crippen molar-refractivity contribution >= 4 is 17.3 Å². The van der Waals surface area contributed by atoms with Crippen LogP contribution in [0.3, 0.4) is 0 Å². The molecule has 3 atom stereocenters. The summed E-state index contributed by atoms with van der Waals surface area (Å²) in [5.41, 5.74) is 3.31. The van der Waals surface area contributed by atoms with Gasteiger partial charge in [-0.1, -0.05) is 18.7 Å². The molecule has 2 aliphatic rings. The lowest BCUT2D eigenvalue weighted by molar-refractivity contribution is -0.161. The molecule has 0 radical (unpaired) electrons. The number of rotatable bonds is 8. The number of nitrogens with one attached hydrogen (secondary N) is 1. The van der Waals surface area contributed by atoms with Gasteiger partial charge < -0.3 is 23.7 Å². The van der Waals surface area contributed by atoms with Crippen molar-refractivity contribution in [3.8, 4) is 5.75 Å². The van der Waals surface area contributed by atoms with E-state index in [2.05, 4.69) is 37.3 Å². The molecule has 35 heavy (non-hydrogen) atoms. The van der Waals surface area contributed by atoms with Crippen LogP contribution in [0.1, 0.15) is 70.2 Å². The minimum atomic E-state index is -1.27. The molecule has 8 heteroatoms. The summed E-state index contributed by atoms with van der Waals surface area (Å²) in [6.45, 7) is 19.4. The predicted octanol–water partition coefficient (Wildman–Crippen LogP) is 4.35. The molecule has 0 aromatic heterocycles. The summed E-state index contributed by atoms with van der Waals surface area (Å²) >= 11 is -1.27. The number of benzene rings is 1. The van der Waals surface area contributed by atoms with E-state index >= 15 is 0 Å². The maximum absolute atomic E-state index is 13.2. The van der Waals surface area contributed by atoms with E-state index in [1.54, 1.807) is 6.08 Å². The van der Waals surface area contributed by atoms with Gasteiger partial charge in [0.05, 0.1) is 12.6 Å². The van der Waals surface area contributed by atoms with Crippen molar-refractivity contribution in [2.75, 3.05) is 26.3 Å². The van der Waals surface area contributed by atoms with Crippen molar-refractivity contribution < 1.29 is 23.6 Å². The van der Waals surface area contributed by atoms with Gasteiger partial charge in [-0.05, 0) is 84.4 Å². The number of piperidine rings is 1. The van der Waals surface area contributed by atoms with Crippen LogP contribution in [0.5, 0.6) is 5.75 Å². The molecule has 7 nitrogen and oxygen atoms in total. The van der Waals surface area contributed by atoms with Gasteiger partial charge in [0.15, 0.2) is 11.9 Å². The van der Waals surface area contributed by atoms with Gasteiger partial charge in [-0.25, -0.2) is 0 Å². The van der Waals surface area contributed by atoms with Crippen LogP contribution in [-0.4, -0.2) is 58.3 Å². The largest absolute Gasteiger partial charge is 0.598 e. The lowest BCUT2D eigenvalue weighted by Crippen LogP contribution is -2.48. The van der Waals surface area contributed by atoms with E-state index in [0.29, 0.717) is 19.7 Å². The van der Waals surface area contributed by atoms with Gasteiger partial charge in [0, 0.05) is 30.0 Å². The molecule has 3 rings (SSSR count). The molecule has 1 N–H and O–H groups in total. The Morgan fingerprint density at radius 1 is 1.31 bits per heavy atom. The van der Waals surface area contributed by atoms with Gasteiger partial charge in [0.25, 0.3) is 5.91 Å². The summed E-state index contributed by atoms with van der Waals surface area (Å²) < 4.78 is 33.7. The number of amides is 1. The topological polar surface area (TPSA) is 83.1 Å². The fourth-order valence-corrected chi connectivity index (χ4v) is 5.40. The highest BCUT2D eigenvalue weighted by Gasteiger charge is 2.41. The standard InChI is InChI=1S/C27H42N2O5S/c1-9-14-32-22-16-19(3)18(2)15-21(22)24(28-35(31)26(4,5)6)20-10-12-29(13-11-20)25(30)23-17-33-27(7,8)34-23/h9,15-16,20,23-24,28H,1,10-14,17H2,2-8H3/t23-,24?,35+/m1/s1. The number of aryl methyl sites for hydroxylation is 2. The van der Waals surface area contributed by atoms with Crippen LogP contribution in [-0.2, 0) is 25.6 Å². The van der Waals surface area contributed by atoms with Crippen molar-refractivity contribution in [2.45, 2.75) is 84.0 Å². The fourth-order valence-electron chi connectivity index (χ4n) is 4.50. The van der Waals surface area contributed by atoms with Crippen LogP contribution in [0, 0.1) is 19.8 Å². The van der Waals surface area contributed by atoms with Crippen LogP contribution in [0.25, 0.3) is 0 Å². The normalized spacial score (nSPS) is 22.6. The molecule has 0 spiro atoms. The van der Waals surface area contributed by atoms with E-state index in [0.717, 1.165) is 35.3 Å². The van der Waals surface area contributed by atoms with Gasteiger partial charge >= 0.3 is 0 Å². The highest BCUT2D eigenvalue weighted by atomic mass is 32.2. The molecule has 1 aromatic carbocycles. The number of hydrogen-bond acceptors (Lipinski definition) is 6. The molecule has 0 bridgehead atoms. The SMILES string of the molecule is C=CCOc1cc(C)c(C)cc1C(N[S@@+]([O-])C(C)(C)C)C1CCN(C(=O)[C@H]2COC(C)(C)O2)CC1. The molecule has 2 fully saturated rings. The van der Waals surface area contributed by atoms with Gasteiger partial charge in [-0.2, -0.15) is 0 Å². The summed E-state index contributed by atoms with van der Waals surface area (Å²) in [6, 6.07) is 4.03. The minimum Gasteiger partial charge on any atom is -0.598 e. The average molecular weight is 507 g/mol. The molecule has 196 valence electrons. The molecular formula is C27H42N2O5S. The first-order valence-electron chi connectivity index (χ1n) is 12.5. The fraction of sp³-hybridized carbons (Fsp3) is 0.667. The first-order valence-corrected chi connectivity index (χ1v) is 13.6. The average Bonchev–Trinajstić information content (AvgIpc) is 3.16. The molecule has 1 unspecified atom stereocenters. The highest BCUT2D eigenvalue weighted by molar-refractivity contribution is 7.90. The number of nitrogens with zero attached hydrogens (tertiary/aromatic N) is 1. The molecule has 1 amide bonds. The summed E-state index contributed by atoms with van der Waals surface area (Å²) in [4.78, 5) is 14.9. The molecule has 2 aliphatic heterocycles. The van der Waals surface area contributed by atoms with E-state index in [-0.39, 0.29) is 24.5 Å². The monoisotopic (exact) mass is 506 g/mol. The van der Waals surface area contributed by atoms with Crippen molar-refractivity contribution in [2.24, 2.45) is 5.92 Å². The van der Waals surface area contributed by atoms with E-state index < -0.39 is 28.0 Å². The van der Waals surface area contributed by atoms with Crippen LogP contribution < -0.4 is 9.46 Å². The van der Waals surface area contributed by atoms with Gasteiger partial charge in [0.1, 0.15) is 17.1 Å². The number of carbonyl (C=O) groups is 1. The summed E-state index contributed by atoms with van der Waals surface area (Å²) in [5, 5.41) is 0. The van der Waals surface area contributed by atoms with E-state index in [9.17, 15) is 9.35 Å². The molecule has 2 saturated heterocycles. The van der Waals surface area contributed by atoms with Crippen molar-refractivity contribution in [1.82, 2.24) is 9.62 Å². The third-order valence-electron chi connectivity index (χ3n) is 6.71. The number of carbonyl (C=O) groups excluding carboxylic acids is 1. The van der Waals surface area contributed by atoms with Crippen LogP contribution >= 0.6 is 0 Å². The Bertz CT molecular complexity index is 906. The Kier molecular flexibility index (Phi) is 8.97. The Balaban J connectivity index is 1.82. The zero-order chi connectivity index (χ0) is 26.0. The Morgan fingerprint density at radius 3 is 2.49 bits per heavy atom. The first-order chi connectivity index (χ1) is 16.3. The molecule has 1 aromatic rings. The predicted molar refractivity (Wildman–Crippen MR) is 140 cm³/mol. The number of ether oxygens (including phenoxy) is 3. The molecular weight excluding hydrogens is 464 g/mol. The van der Waals surface area contributed by atoms with Crippen LogP contribution in [0.2, 0.25) is 0 Å². The van der Waals surface area contributed by atoms with Crippen molar-refractivity contribution in [3.63, 3.8) is 0 Å². The van der Waals surface area contributed by atoms with Gasteiger partial charge in [0.2, 0.25) is 0 Å². The summed E-state index contributed by atoms with van der Waals surface area (Å²) in [7, 11) is 0. The quantitative estimate of drug-likeness (QED) is 0.417. The number of likely N-dealkylation sites (tertiary alicyclic amines) is 1. The molecule has 0 aliphatic carbocycles. The zero-order valence-corrected chi connectivity index (χ0v) is 23.1.